The van der Waals surface area contributed by atoms with Crippen LogP contribution in [0.4, 0.5) is 9.39 Å². The van der Waals surface area contributed by atoms with Gasteiger partial charge < -0.3 is 15.4 Å². The molecule has 0 aliphatic carbocycles. The van der Waals surface area contributed by atoms with Crippen LogP contribution in [0.1, 0.15) is 48.4 Å². The average molecular weight is 455 g/mol. The molecule has 0 spiro atoms. The first-order chi connectivity index (χ1) is 15.4. The number of amides is 2. The number of anilines is 1. The molecule has 8 heteroatoms. The van der Waals surface area contributed by atoms with Gasteiger partial charge in [-0.05, 0) is 49.6 Å². The predicted molar refractivity (Wildman–Crippen MR) is 122 cm³/mol. The van der Waals surface area contributed by atoms with Crippen molar-refractivity contribution in [1.82, 2.24) is 5.32 Å². The molecule has 0 aliphatic heterocycles. The Morgan fingerprint density at radius 2 is 1.78 bits per heavy atom. The van der Waals surface area contributed by atoms with Gasteiger partial charge in [0.25, 0.3) is 11.8 Å². The Bertz CT molecular complexity index is 1130. The van der Waals surface area contributed by atoms with Crippen molar-refractivity contribution in [2.75, 3.05) is 18.5 Å². The smallest absolute Gasteiger partial charge is 0.341 e. The van der Waals surface area contributed by atoms with Crippen LogP contribution < -0.4 is 10.6 Å². The van der Waals surface area contributed by atoms with Crippen molar-refractivity contribution >= 4 is 34.1 Å². The number of carbonyl (C=O) groups is 3. The topological polar surface area (TPSA) is 84.5 Å². The van der Waals surface area contributed by atoms with Crippen molar-refractivity contribution in [2.24, 2.45) is 0 Å². The lowest BCUT2D eigenvalue weighted by atomic mass is 10.1. The van der Waals surface area contributed by atoms with Crippen LogP contribution >= 0.6 is 11.3 Å². The molecule has 0 atom stereocenters. The summed E-state index contributed by atoms with van der Waals surface area (Å²) < 4.78 is 18.6. The van der Waals surface area contributed by atoms with E-state index in [1.807, 2.05) is 30.3 Å². The van der Waals surface area contributed by atoms with Crippen molar-refractivity contribution in [3.8, 4) is 0 Å². The minimum atomic E-state index is -0.640. The first-order valence-corrected chi connectivity index (χ1v) is 10.9. The summed E-state index contributed by atoms with van der Waals surface area (Å²) in [7, 11) is 0. The van der Waals surface area contributed by atoms with E-state index in [0.29, 0.717) is 23.4 Å². The highest BCUT2D eigenvalue weighted by molar-refractivity contribution is 7.18. The van der Waals surface area contributed by atoms with E-state index < -0.39 is 17.7 Å². The molecule has 0 bridgehead atoms. The third kappa shape index (κ3) is 5.59. The number of nitrogens with one attached hydrogen (secondary N) is 2. The molecule has 1 aromatic heterocycles. The lowest BCUT2D eigenvalue weighted by Crippen LogP contribution is -2.25. The van der Waals surface area contributed by atoms with Gasteiger partial charge in [-0.1, -0.05) is 36.4 Å². The fraction of sp³-hybridized carbons (Fsp3) is 0.208. The zero-order valence-corrected chi connectivity index (χ0v) is 18.6. The summed E-state index contributed by atoms with van der Waals surface area (Å²) in [6.07, 6.45) is 0.658. The Labute approximate surface area is 189 Å². The van der Waals surface area contributed by atoms with Gasteiger partial charge in [0.15, 0.2) is 0 Å². The number of hydrogen-bond donors (Lipinski definition) is 2. The molecule has 0 saturated heterocycles. The van der Waals surface area contributed by atoms with E-state index >= 15 is 0 Å². The second-order valence-electron chi connectivity index (χ2n) is 6.94. The number of halogens is 1. The van der Waals surface area contributed by atoms with Crippen molar-refractivity contribution in [3.05, 3.63) is 87.5 Å². The second-order valence-corrected chi connectivity index (χ2v) is 7.96. The minimum Gasteiger partial charge on any atom is -0.462 e. The molecule has 2 aromatic carbocycles. The SMILES string of the molecule is CCOC(=O)c1c(NC(=O)c2cccc(F)c2)sc(C(=O)NCCc2ccccc2)c1C. The Hall–Kier alpha value is -3.52. The Kier molecular flexibility index (Phi) is 7.72. The van der Waals surface area contributed by atoms with Gasteiger partial charge in [0.2, 0.25) is 0 Å². The quantitative estimate of drug-likeness (QED) is 0.488. The highest BCUT2D eigenvalue weighted by Gasteiger charge is 2.26. The number of benzene rings is 2. The number of ether oxygens (including phenoxy) is 1. The van der Waals surface area contributed by atoms with E-state index in [0.717, 1.165) is 23.0 Å². The molecular weight excluding hydrogens is 431 g/mol. The summed E-state index contributed by atoms with van der Waals surface area (Å²) in [5, 5.41) is 5.66. The van der Waals surface area contributed by atoms with Crippen LogP contribution in [0.25, 0.3) is 0 Å². The number of carbonyl (C=O) groups excluding carboxylic acids is 3. The van der Waals surface area contributed by atoms with Crippen molar-refractivity contribution in [2.45, 2.75) is 20.3 Å². The molecule has 1 heterocycles. The molecule has 0 aliphatic rings. The first kappa shape index (κ1) is 23.1. The number of esters is 1. The third-order valence-corrected chi connectivity index (χ3v) is 5.89. The number of thiophene rings is 1. The Morgan fingerprint density at radius 1 is 1.03 bits per heavy atom. The molecule has 0 unspecified atom stereocenters. The molecule has 166 valence electrons. The standard InChI is InChI=1S/C24H23FN2O4S/c1-3-31-24(30)19-15(2)20(22(29)26-13-12-16-8-5-4-6-9-16)32-23(19)27-21(28)17-10-7-11-18(25)14-17/h4-11,14H,3,12-13H2,1-2H3,(H,26,29)(H,27,28). The zero-order valence-electron chi connectivity index (χ0n) is 17.7. The van der Waals surface area contributed by atoms with Crippen LogP contribution in [0.5, 0.6) is 0 Å². The van der Waals surface area contributed by atoms with Gasteiger partial charge in [-0.2, -0.15) is 0 Å². The summed E-state index contributed by atoms with van der Waals surface area (Å²) in [6.45, 7) is 3.86. The zero-order chi connectivity index (χ0) is 23.1. The van der Waals surface area contributed by atoms with E-state index in [1.165, 1.54) is 18.2 Å². The van der Waals surface area contributed by atoms with Gasteiger partial charge >= 0.3 is 5.97 Å². The van der Waals surface area contributed by atoms with Crippen LogP contribution in [-0.2, 0) is 11.2 Å². The third-order valence-electron chi connectivity index (χ3n) is 4.69. The van der Waals surface area contributed by atoms with Crippen molar-refractivity contribution in [3.63, 3.8) is 0 Å². The molecule has 2 N–H and O–H groups in total. The normalized spacial score (nSPS) is 10.5. The number of hydrogen-bond acceptors (Lipinski definition) is 5. The first-order valence-electron chi connectivity index (χ1n) is 10.1. The lowest BCUT2D eigenvalue weighted by Gasteiger charge is -2.07. The monoisotopic (exact) mass is 454 g/mol. The molecule has 0 fully saturated rings. The van der Waals surface area contributed by atoms with Crippen LogP contribution in [0.15, 0.2) is 54.6 Å². The van der Waals surface area contributed by atoms with E-state index in [1.54, 1.807) is 13.8 Å². The highest BCUT2D eigenvalue weighted by Crippen LogP contribution is 2.34. The lowest BCUT2D eigenvalue weighted by molar-refractivity contribution is 0.0527. The molecule has 2 amide bonds. The van der Waals surface area contributed by atoms with Gasteiger partial charge in [-0.3, -0.25) is 9.59 Å². The average Bonchev–Trinajstić information content (AvgIpc) is 3.10. The van der Waals surface area contributed by atoms with Crippen LogP contribution in [0, 0.1) is 12.7 Å². The molecular formula is C24H23FN2O4S. The van der Waals surface area contributed by atoms with Gasteiger partial charge in [0, 0.05) is 12.1 Å². The highest BCUT2D eigenvalue weighted by atomic mass is 32.1. The fourth-order valence-corrected chi connectivity index (χ4v) is 4.22. The Morgan fingerprint density at radius 3 is 2.47 bits per heavy atom. The molecule has 3 aromatic rings. The van der Waals surface area contributed by atoms with E-state index in [4.69, 9.17) is 4.74 Å². The van der Waals surface area contributed by atoms with E-state index in [9.17, 15) is 18.8 Å². The van der Waals surface area contributed by atoms with Crippen LogP contribution in [0.2, 0.25) is 0 Å². The molecule has 0 saturated carbocycles. The van der Waals surface area contributed by atoms with Crippen molar-refractivity contribution in [1.29, 1.82) is 0 Å². The van der Waals surface area contributed by atoms with Crippen molar-refractivity contribution < 1.29 is 23.5 Å². The second kappa shape index (κ2) is 10.7. The molecule has 0 radical (unpaired) electrons. The van der Waals surface area contributed by atoms with Gasteiger partial charge in [0.1, 0.15) is 10.8 Å². The fourth-order valence-electron chi connectivity index (χ4n) is 3.12. The molecule has 3 rings (SSSR count). The maximum atomic E-state index is 13.5. The maximum absolute atomic E-state index is 13.5. The summed E-state index contributed by atoms with van der Waals surface area (Å²) in [5.41, 5.74) is 1.72. The summed E-state index contributed by atoms with van der Waals surface area (Å²) in [6, 6.07) is 14.9. The van der Waals surface area contributed by atoms with Crippen LogP contribution in [0.3, 0.4) is 0 Å². The van der Waals surface area contributed by atoms with Gasteiger partial charge in [-0.15, -0.1) is 11.3 Å². The maximum Gasteiger partial charge on any atom is 0.341 e. The largest absolute Gasteiger partial charge is 0.462 e. The minimum absolute atomic E-state index is 0.0970. The molecule has 6 nitrogen and oxygen atoms in total. The van der Waals surface area contributed by atoms with E-state index in [-0.39, 0.29) is 28.6 Å². The predicted octanol–water partition coefficient (Wildman–Crippen LogP) is 4.60. The van der Waals surface area contributed by atoms with Crippen LogP contribution in [-0.4, -0.2) is 30.9 Å². The van der Waals surface area contributed by atoms with E-state index in [2.05, 4.69) is 10.6 Å². The summed E-state index contributed by atoms with van der Waals surface area (Å²) in [4.78, 5) is 38.2. The Balaban J connectivity index is 1.81. The molecule has 32 heavy (non-hydrogen) atoms. The summed E-state index contributed by atoms with van der Waals surface area (Å²) in [5.74, 6) is -2.13. The summed E-state index contributed by atoms with van der Waals surface area (Å²) >= 11 is 0.983. The van der Waals surface area contributed by atoms with Gasteiger partial charge in [0.05, 0.1) is 17.0 Å². The van der Waals surface area contributed by atoms with Gasteiger partial charge in [-0.25, -0.2) is 9.18 Å². The number of rotatable bonds is 8.